The number of nitrogens with zero attached hydrogens (tertiary/aromatic N) is 5. The Balaban J connectivity index is 1.53. The van der Waals surface area contributed by atoms with Gasteiger partial charge in [-0.25, -0.2) is 4.79 Å². The molecule has 0 atom stereocenters. The molecule has 162 valence electrons. The maximum absolute atomic E-state index is 11.9. The molecule has 2 aliphatic rings. The molecule has 3 rings (SSSR count). The third-order valence-electron chi connectivity index (χ3n) is 5.68. The standard InChI is InChI=1S/C20H35N7O2/c1-3-18-25-22-15-27(18)14-11-21-19(23-16-7-5-6-8-16)24-17-9-12-26(13-10-17)20(28)29-4-2/h15-17H,3-14H2,1-2H3,(H2,21,23,24). The van der Waals surface area contributed by atoms with E-state index in [0.29, 0.717) is 38.3 Å². The summed E-state index contributed by atoms with van der Waals surface area (Å²) in [4.78, 5) is 18.5. The zero-order valence-electron chi connectivity index (χ0n) is 17.8. The molecule has 1 amide bonds. The number of nitrogens with one attached hydrogen (secondary N) is 2. The van der Waals surface area contributed by atoms with Crippen LogP contribution in [-0.4, -0.2) is 70.0 Å². The Kier molecular flexibility index (Phi) is 8.13. The zero-order chi connectivity index (χ0) is 20.5. The molecule has 1 saturated carbocycles. The molecular formula is C20H35N7O2. The van der Waals surface area contributed by atoms with Crippen molar-refractivity contribution in [3.8, 4) is 0 Å². The van der Waals surface area contributed by atoms with E-state index < -0.39 is 0 Å². The van der Waals surface area contributed by atoms with Gasteiger partial charge in [-0.1, -0.05) is 19.8 Å². The molecular weight excluding hydrogens is 370 g/mol. The van der Waals surface area contributed by atoms with Crippen molar-refractivity contribution in [2.45, 2.75) is 77.4 Å². The summed E-state index contributed by atoms with van der Waals surface area (Å²) in [5.74, 6) is 1.88. The number of hydrogen-bond acceptors (Lipinski definition) is 5. The van der Waals surface area contributed by atoms with Gasteiger partial charge in [0.1, 0.15) is 12.2 Å². The zero-order valence-corrected chi connectivity index (χ0v) is 17.8. The summed E-state index contributed by atoms with van der Waals surface area (Å²) in [6.07, 6.45) is 9.20. The molecule has 1 aliphatic carbocycles. The first-order valence-electron chi connectivity index (χ1n) is 11.1. The topological polar surface area (TPSA) is 96.7 Å². The number of likely N-dealkylation sites (tertiary alicyclic amines) is 1. The summed E-state index contributed by atoms with van der Waals surface area (Å²) in [6.45, 7) is 7.23. The van der Waals surface area contributed by atoms with Crippen LogP contribution >= 0.6 is 0 Å². The highest BCUT2D eigenvalue weighted by atomic mass is 16.6. The fourth-order valence-corrected chi connectivity index (χ4v) is 4.02. The van der Waals surface area contributed by atoms with E-state index in [4.69, 9.17) is 9.73 Å². The van der Waals surface area contributed by atoms with Gasteiger partial charge >= 0.3 is 6.09 Å². The molecule has 0 aromatic carbocycles. The minimum atomic E-state index is -0.204. The van der Waals surface area contributed by atoms with Crippen LogP contribution in [0.2, 0.25) is 0 Å². The number of amides is 1. The molecule has 2 heterocycles. The van der Waals surface area contributed by atoms with Gasteiger partial charge in [-0.2, -0.15) is 0 Å². The number of hydrogen-bond donors (Lipinski definition) is 2. The third-order valence-corrected chi connectivity index (χ3v) is 5.68. The largest absolute Gasteiger partial charge is 0.450 e. The lowest BCUT2D eigenvalue weighted by Crippen LogP contribution is -2.51. The second kappa shape index (κ2) is 11.0. The van der Waals surface area contributed by atoms with Crippen LogP contribution < -0.4 is 10.6 Å². The summed E-state index contributed by atoms with van der Waals surface area (Å²) < 4.78 is 7.18. The van der Waals surface area contributed by atoms with E-state index in [2.05, 4.69) is 32.3 Å². The van der Waals surface area contributed by atoms with Gasteiger partial charge in [0.25, 0.3) is 0 Å². The number of carbonyl (C=O) groups is 1. The van der Waals surface area contributed by atoms with E-state index in [1.54, 1.807) is 11.2 Å². The third kappa shape index (κ3) is 6.33. The van der Waals surface area contributed by atoms with E-state index in [1.165, 1.54) is 25.7 Å². The van der Waals surface area contributed by atoms with Crippen molar-refractivity contribution in [3.63, 3.8) is 0 Å². The number of rotatable bonds is 7. The van der Waals surface area contributed by atoms with Crippen molar-refractivity contribution in [1.82, 2.24) is 30.3 Å². The molecule has 2 N–H and O–H groups in total. The fourth-order valence-electron chi connectivity index (χ4n) is 4.02. The molecule has 1 aromatic rings. The van der Waals surface area contributed by atoms with Crippen LogP contribution in [0.15, 0.2) is 11.3 Å². The number of piperidine rings is 1. The fraction of sp³-hybridized carbons (Fsp3) is 0.800. The highest BCUT2D eigenvalue weighted by Crippen LogP contribution is 2.18. The van der Waals surface area contributed by atoms with Crippen LogP contribution in [0.25, 0.3) is 0 Å². The Bertz CT molecular complexity index is 662. The van der Waals surface area contributed by atoms with Gasteiger partial charge < -0.3 is 24.8 Å². The maximum Gasteiger partial charge on any atom is 0.409 e. The van der Waals surface area contributed by atoms with Crippen LogP contribution in [0.1, 0.15) is 58.2 Å². The van der Waals surface area contributed by atoms with Crippen molar-refractivity contribution in [1.29, 1.82) is 0 Å². The van der Waals surface area contributed by atoms with E-state index >= 15 is 0 Å². The van der Waals surface area contributed by atoms with Gasteiger partial charge in [0.15, 0.2) is 5.96 Å². The summed E-state index contributed by atoms with van der Waals surface area (Å²) in [5.41, 5.74) is 0. The van der Waals surface area contributed by atoms with E-state index in [1.807, 2.05) is 6.92 Å². The highest BCUT2D eigenvalue weighted by molar-refractivity contribution is 5.80. The Morgan fingerprint density at radius 3 is 2.52 bits per heavy atom. The molecule has 0 radical (unpaired) electrons. The van der Waals surface area contributed by atoms with Crippen molar-refractivity contribution in [3.05, 3.63) is 12.2 Å². The number of guanidine groups is 1. The second-order valence-corrected chi connectivity index (χ2v) is 7.75. The maximum atomic E-state index is 11.9. The average Bonchev–Trinajstić information content (AvgIpc) is 3.40. The van der Waals surface area contributed by atoms with E-state index in [9.17, 15) is 4.79 Å². The van der Waals surface area contributed by atoms with Crippen molar-refractivity contribution in [2.75, 3.05) is 26.2 Å². The highest BCUT2D eigenvalue weighted by Gasteiger charge is 2.25. The first kappa shape index (κ1) is 21.4. The Morgan fingerprint density at radius 1 is 1.17 bits per heavy atom. The minimum absolute atomic E-state index is 0.204. The molecule has 0 spiro atoms. The van der Waals surface area contributed by atoms with Gasteiger partial charge in [-0.3, -0.25) is 4.99 Å². The van der Waals surface area contributed by atoms with Gasteiger partial charge in [-0.05, 0) is 32.6 Å². The van der Waals surface area contributed by atoms with E-state index in [0.717, 1.165) is 37.6 Å². The summed E-state index contributed by atoms with van der Waals surface area (Å²) in [6, 6.07) is 0.816. The summed E-state index contributed by atoms with van der Waals surface area (Å²) in [5, 5.41) is 15.3. The lowest BCUT2D eigenvalue weighted by molar-refractivity contribution is 0.0963. The number of aryl methyl sites for hydroxylation is 1. The van der Waals surface area contributed by atoms with Crippen molar-refractivity contribution < 1.29 is 9.53 Å². The predicted molar refractivity (Wildman–Crippen MR) is 112 cm³/mol. The lowest BCUT2D eigenvalue weighted by Gasteiger charge is -2.32. The molecule has 1 aliphatic heterocycles. The number of carbonyl (C=O) groups excluding carboxylic acids is 1. The normalized spacial score (nSPS) is 18.8. The first-order valence-corrected chi connectivity index (χ1v) is 11.1. The van der Waals surface area contributed by atoms with E-state index in [-0.39, 0.29) is 6.09 Å². The van der Waals surface area contributed by atoms with Crippen LogP contribution in [0.4, 0.5) is 4.79 Å². The van der Waals surface area contributed by atoms with Crippen LogP contribution in [0.5, 0.6) is 0 Å². The molecule has 9 heteroatoms. The van der Waals surface area contributed by atoms with Crippen molar-refractivity contribution in [2.24, 2.45) is 4.99 Å². The lowest BCUT2D eigenvalue weighted by atomic mass is 10.1. The molecule has 0 unspecified atom stereocenters. The molecule has 0 bridgehead atoms. The molecule has 1 aromatic heterocycles. The summed E-state index contributed by atoms with van der Waals surface area (Å²) in [7, 11) is 0. The van der Waals surface area contributed by atoms with Gasteiger partial charge in [-0.15, -0.1) is 10.2 Å². The molecule has 29 heavy (non-hydrogen) atoms. The Hall–Kier alpha value is -2.32. The smallest absolute Gasteiger partial charge is 0.409 e. The Labute approximate surface area is 173 Å². The van der Waals surface area contributed by atoms with Crippen LogP contribution in [0, 0.1) is 0 Å². The number of aromatic nitrogens is 3. The molecule has 1 saturated heterocycles. The van der Waals surface area contributed by atoms with Crippen LogP contribution in [-0.2, 0) is 17.7 Å². The summed E-state index contributed by atoms with van der Waals surface area (Å²) >= 11 is 0. The van der Waals surface area contributed by atoms with Crippen molar-refractivity contribution >= 4 is 12.1 Å². The predicted octanol–water partition coefficient (Wildman–Crippen LogP) is 1.94. The molecule has 9 nitrogen and oxygen atoms in total. The SMILES string of the molecule is CCOC(=O)N1CCC(NC(=NCCn2cnnc2CC)NC2CCCC2)CC1. The van der Waals surface area contributed by atoms with Gasteiger partial charge in [0, 0.05) is 38.1 Å². The Morgan fingerprint density at radius 2 is 1.86 bits per heavy atom. The second-order valence-electron chi connectivity index (χ2n) is 7.75. The monoisotopic (exact) mass is 405 g/mol. The first-order chi connectivity index (χ1) is 14.2. The van der Waals surface area contributed by atoms with Gasteiger partial charge in [0.2, 0.25) is 0 Å². The van der Waals surface area contributed by atoms with Gasteiger partial charge in [0.05, 0.1) is 13.2 Å². The van der Waals surface area contributed by atoms with Crippen LogP contribution in [0.3, 0.4) is 0 Å². The number of ether oxygens (including phenoxy) is 1. The molecule has 2 fully saturated rings. The average molecular weight is 406 g/mol. The number of aliphatic imine (C=N–C) groups is 1. The quantitative estimate of drug-likeness (QED) is 0.532. The minimum Gasteiger partial charge on any atom is -0.450 e.